The van der Waals surface area contributed by atoms with E-state index in [0.717, 1.165) is 17.0 Å². The number of thioether (sulfide) groups is 1. The van der Waals surface area contributed by atoms with Gasteiger partial charge in [-0.1, -0.05) is 29.8 Å². The van der Waals surface area contributed by atoms with Crippen LogP contribution in [0.1, 0.15) is 16.7 Å². The van der Waals surface area contributed by atoms with Gasteiger partial charge in [0.05, 0.1) is 28.7 Å². The summed E-state index contributed by atoms with van der Waals surface area (Å²) in [5.74, 6) is 0.211. The number of carbonyl (C=O) groups is 1. The van der Waals surface area contributed by atoms with E-state index in [1.54, 1.807) is 48.8 Å². The molecule has 6 nitrogen and oxygen atoms in total. The van der Waals surface area contributed by atoms with Crippen LogP contribution in [0.4, 0.5) is 19.0 Å². The summed E-state index contributed by atoms with van der Waals surface area (Å²) in [6.07, 6.45) is 0.389. The van der Waals surface area contributed by atoms with Crippen LogP contribution < -0.4 is 5.32 Å². The van der Waals surface area contributed by atoms with E-state index >= 15 is 0 Å². The number of nitrogens with zero attached hydrogens (tertiary/aromatic N) is 4. The van der Waals surface area contributed by atoms with Crippen LogP contribution in [0.3, 0.4) is 0 Å². The van der Waals surface area contributed by atoms with E-state index in [9.17, 15) is 18.0 Å². The number of rotatable bonds is 4. The van der Waals surface area contributed by atoms with Crippen molar-refractivity contribution in [3.8, 4) is 0 Å². The average molecular weight is 514 g/mol. The molecule has 1 N–H and O–H groups in total. The Hall–Kier alpha value is -3.63. The van der Waals surface area contributed by atoms with E-state index in [1.807, 2.05) is 6.07 Å². The van der Waals surface area contributed by atoms with Gasteiger partial charge in [-0.25, -0.2) is 9.98 Å². The summed E-state index contributed by atoms with van der Waals surface area (Å²) in [4.78, 5) is 21.3. The van der Waals surface area contributed by atoms with Crippen molar-refractivity contribution in [2.75, 3.05) is 0 Å². The van der Waals surface area contributed by atoms with E-state index in [2.05, 4.69) is 20.4 Å². The highest BCUT2D eigenvalue weighted by Crippen LogP contribution is 2.34. The first kappa shape index (κ1) is 23.1. The van der Waals surface area contributed by atoms with Gasteiger partial charge in [-0.2, -0.15) is 18.3 Å². The molecular weight excluding hydrogens is 499 g/mol. The van der Waals surface area contributed by atoms with Gasteiger partial charge in [0.2, 0.25) is 0 Å². The van der Waals surface area contributed by atoms with Gasteiger partial charge in [-0.05, 0) is 65.4 Å². The Morgan fingerprint density at radius 3 is 2.77 bits per heavy atom. The molecule has 1 aliphatic rings. The standard InChI is InChI=1S/C24H15ClF3N5OS/c25-17-6-5-15(18(11-17)24(26,27)28)13-33-19-7-4-14(9-16(19)12-30-33)10-20-22(34)32-23(35-20)31-21-3-1-2-8-29-21/h1-12H,13H2,(H,29,31,32,34). The monoisotopic (exact) mass is 513 g/mol. The fourth-order valence-electron chi connectivity index (χ4n) is 3.59. The molecule has 1 fully saturated rings. The van der Waals surface area contributed by atoms with Crippen molar-refractivity contribution in [1.82, 2.24) is 20.1 Å². The highest BCUT2D eigenvalue weighted by atomic mass is 35.5. The smallest absolute Gasteiger partial charge is 0.300 e. The van der Waals surface area contributed by atoms with Crippen LogP contribution in [0.25, 0.3) is 17.0 Å². The number of aliphatic imine (C=N–C) groups is 1. The highest BCUT2D eigenvalue weighted by Gasteiger charge is 2.33. The van der Waals surface area contributed by atoms with Gasteiger partial charge in [0.25, 0.3) is 5.91 Å². The van der Waals surface area contributed by atoms with Crippen molar-refractivity contribution in [3.63, 3.8) is 0 Å². The van der Waals surface area contributed by atoms with Gasteiger partial charge in [0, 0.05) is 16.6 Å². The number of carbonyl (C=O) groups excluding carboxylic acids is 1. The van der Waals surface area contributed by atoms with Crippen LogP contribution in [0.15, 0.2) is 76.9 Å². The number of halogens is 4. The lowest BCUT2D eigenvalue weighted by molar-refractivity contribution is -0.138. The van der Waals surface area contributed by atoms with Crippen LogP contribution in [-0.2, 0) is 17.5 Å². The third-order valence-corrected chi connectivity index (χ3v) is 6.32. The molecule has 0 radical (unpaired) electrons. The van der Waals surface area contributed by atoms with E-state index in [0.29, 0.717) is 21.4 Å². The minimum absolute atomic E-state index is 0.0196. The Bertz CT molecular complexity index is 1500. The maximum Gasteiger partial charge on any atom is 0.416 e. The quantitative estimate of drug-likeness (QED) is 0.337. The zero-order chi connectivity index (χ0) is 24.6. The Balaban J connectivity index is 1.40. The number of amidine groups is 1. The average Bonchev–Trinajstić information content (AvgIpc) is 3.37. The molecule has 0 atom stereocenters. The van der Waals surface area contributed by atoms with Crippen LogP contribution in [-0.4, -0.2) is 25.8 Å². The molecular formula is C24H15ClF3N5OS. The SMILES string of the molecule is O=C1NC(=Nc2ccccn2)SC1=Cc1ccc2c(cnn2Cc2ccc(Cl)cc2C(F)(F)F)c1. The first-order valence-corrected chi connectivity index (χ1v) is 11.5. The molecule has 4 aromatic rings. The van der Waals surface area contributed by atoms with Gasteiger partial charge >= 0.3 is 6.18 Å². The Morgan fingerprint density at radius 1 is 1.14 bits per heavy atom. The molecule has 0 spiro atoms. The first-order chi connectivity index (χ1) is 16.8. The summed E-state index contributed by atoms with van der Waals surface area (Å²) in [5, 5.41) is 8.16. The molecule has 1 saturated heterocycles. The largest absolute Gasteiger partial charge is 0.416 e. The maximum atomic E-state index is 13.5. The summed E-state index contributed by atoms with van der Waals surface area (Å²) in [5.41, 5.74) is 0.687. The summed E-state index contributed by atoms with van der Waals surface area (Å²) in [6, 6.07) is 14.4. The molecule has 176 valence electrons. The molecule has 1 amide bonds. The number of hydrogen-bond acceptors (Lipinski definition) is 5. The number of aromatic nitrogens is 3. The molecule has 0 unspecified atom stereocenters. The second-order valence-corrected chi connectivity index (χ2v) is 9.06. The summed E-state index contributed by atoms with van der Waals surface area (Å²) in [7, 11) is 0. The third kappa shape index (κ3) is 5.08. The number of nitrogens with one attached hydrogen (secondary N) is 1. The van der Waals surface area contributed by atoms with Crippen LogP contribution in [0.2, 0.25) is 5.02 Å². The Kier molecular flexibility index (Phi) is 6.08. The number of amides is 1. The number of pyridine rings is 1. The molecule has 2 aromatic heterocycles. The van der Waals surface area contributed by atoms with Gasteiger partial charge in [0.15, 0.2) is 11.0 Å². The zero-order valence-corrected chi connectivity index (χ0v) is 19.3. The molecule has 11 heteroatoms. The number of fused-ring (bicyclic) bond motifs is 1. The first-order valence-electron chi connectivity index (χ1n) is 10.3. The fourth-order valence-corrected chi connectivity index (χ4v) is 4.59. The van der Waals surface area contributed by atoms with Crippen LogP contribution in [0, 0.1) is 0 Å². The Morgan fingerprint density at radius 2 is 2.00 bits per heavy atom. The molecule has 3 heterocycles. The van der Waals surface area contributed by atoms with E-state index < -0.39 is 11.7 Å². The number of benzene rings is 2. The van der Waals surface area contributed by atoms with Gasteiger partial charge in [-0.3, -0.25) is 9.48 Å². The number of alkyl halides is 3. The topological polar surface area (TPSA) is 72.2 Å². The van der Waals surface area contributed by atoms with Gasteiger partial charge < -0.3 is 5.32 Å². The molecule has 0 saturated carbocycles. The second kappa shape index (κ2) is 9.20. The normalized spacial score (nSPS) is 16.4. The van der Waals surface area contributed by atoms with Crippen molar-refractivity contribution in [1.29, 1.82) is 0 Å². The van der Waals surface area contributed by atoms with Crippen molar-refractivity contribution in [3.05, 3.63) is 93.6 Å². The molecule has 35 heavy (non-hydrogen) atoms. The summed E-state index contributed by atoms with van der Waals surface area (Å²) >= 11 is 6.98. The van der Waals surface area contributed by atoms with Gasteiger partial charge in [-0.15, -0.1) is 0 Å². The predicted molar refractivity (Wildman–Crippen MR) is 130 cm³/mol. The molecule has 2 aromatic carbocycles. The molecule has 1 aliphatic heterocycles. The second-order valence-electron chi connectivity index (χ2n) is 7.59. The van der Waals surface area contributed by atoms with Crippen molar-refractivity contribution in [2.45, 2.75) is 12.7 Å². The lowest BCUT2D eigenvalue weighted by atomic mass is 10.1. The third-order valence-electron chi connectivity index (χ3n) is 5.18. The summed E-state index contributed by atoms with van der Waals surface area (Å²) in [6.45, 7) is -0.0679. The van der Waals surface area contributed by atoms with Crippen molar-refractivity contribution < 1.29 is 18.0 Å². The Labute approximate surface area is 206 Å². The molecule has 0 bridgehead atoms. The highest BCUT2D eigenvalue weighted by molar-refractivity contribution is 8.18. The van der Waals surface area contributed by atoms with Crippen molar-refractivity contribution >= 4 is 57.2 Å². The lowest BCUT2D eigenvalue weighted by Gasteiger charge is -2.14. The molecule has 0 aliphatic carbocycles. The van der Waals surface area contributed by atoms with Crippen LogP contribution in [0.5, 0.6) is 0 Å². The maximum absolute atomic E-state index is 13.5. The van der Waals surface area contributed by atoms with E-state index in [4.69, 9.17) is 11.6 Å². The number of hydrogen-bond donors (Lipinski definition) is 1. The fraction of sp³-hybridized carbons (Fsp3) is 0.0833. The molecule has 5 rings (SSSR count). The van der Waals surface area contributed by atoms with Crippen molar-refractivity contribution in [2.24, 2.45) is 4.99 Å². The minimum Gasteiger partial charge on any atom is -0.300 e. The predicted octanol–water partition coefficient (Wildman–Crippen LogP) is 6.04. The van der Waals surface area contributed by atoms with E-state index in [1.165, 1.54) is 28.6 Å². The summed E-state index contributed by atoms with van der Waals surface area (Å²) < 4.78 is 41.9. The van der Waals surface area contributed by atoms with E-state index in [-0.39, 0.29) is 23.0 Å². The van der Waals surface area contributed by atoms with Crippen LogP contribution >= 0.6 is 23.4 Å². The lowest BCUT2D eigenvalue weighted by Crippen LogP contribution is -2.19. The van der Waals surface area contributed by atoms with Gasteiger partial charge in [0.1, 0.15) is 0 Å². The minimum atomic E-state index is -4.53. The zero-order valence-electron chi connectivity index (χ0n) is 17.8.